The van der Waals surface area contributed by atoms with Gasteiger partial charge in [-0.2, -0.15) is 0 Å². The lowest BCUT2D eigenvalue weighted by Gasteiger charge is -2.35. The van der Waals surface area contributed by atoms with Gasteiger partial charge >= 0.3 is 0 Å². The van der Waals surface area contributed by atoms with Gasteiger partial charge < -0.3 is 10.1 Å². The molecule has 0 saturated heterocycles. The van der Waals surface area contributed by atoms with Crippen molar-refractivity contribution in [2.24, 2.45) is 0 Å². The minimum absolute atomic E-state index is 0.00818. The Morgan fingerprint density at radius 1 is 1.19 bits per heavy atom. The van der Waals surface area contributed by atoms with Gasteiger partial charge in [0.25, 0.3) is 5.19 Å². The number of halogens is 1. The van der Waals surface area contributed by atoms with Gasteiger partial charge in [-0.15, -0.1) is 10.2 Å². The van der Waals surface area contributed by atoms with Crippen LogP contribution in [-0.4, -0.2) is 40.2 Å². The third kappa shape index (κ3) is 5.45. The quantitative estimate of drug-likeness (QED) is 0.582. The zero-order valence-corrected chi connectivity index (χ0v) is 18.2. The second kappa shape index (κ2) is 9.98. The fraction of sp³-hybridized carbons (Fsp3) is 0.348. The van der Waals surface area contributed by atoms with E-state index in [2.05, 4.69) is 32.5 Å². The average molecular weight is 441 g/mol. The summed E-state index contributed by atoms with van der Waals surface area (Å²) < 4.78 is 18.5. The number of nitrogens with zero attached hydrogens (tertiary/aromatic N) is 3. The number of carbonyl (C=O) groups is 1. The van der Waals surface area contributed by atoms with E-state index in [1.54, 1.807) is 12.1 Å². The molecule has 1 aliphatic rings. The maximum Gasteiger partial charge on any atom is 0.294 e. The minimum Gasteiger partial charge on any atom is -0.469 e. The Kier molecular flexibility index (Phi) is 6.89. The first-order valence-electron chi connectivity index (χ1n) is 10.4. The van der Waals surface area contributed by atoms with Crippen molar-refractivity contribution in [2.45, 2.75) is 38.9 Å². The zero-order chi connectivity index (χ0) is 21.6. The van der Waals surface area contributed by atoms with Gasteiger partial charge in [0.15, 0.2) is 0 Å². The summed E-state index contributed by atoms with van der Waals surface area (Å²) >= 11 is 1.41. The van der Waals surface area contributed by atoms with Crippen molar-refractivity contribution >= 4 is 17.2 Å². The Morgan fingerprint density at radius 3 is 2.74 bits per heavy atom. The van der Waals surface area contributed by atoms with E-state index in [-0.39, 0.29) is 17.8 Å². The average Bonchev–Trinajstić information content (AvgIpc) is 3.21. The molecule has 162 valence electrons. The molecule has 0 aliphatic carbocycles. The summed E-state index contributed by atoms with van der Waals surface area (Å²) in [4.78, 5) is 15.2. The van der Waals surface area contributed by atoms with Crippen LogP contribution >= 0.6 is 11.3 Å². The van der Waals surface area contributed by atoms with E-state index in [0.29, 0.717) is 44.3 Å². The molecule has 4 rings (SSSR count). The summed E-state index contributed by atoms with van der Waals surface area (Å²) in [5.74, 6) is -0.264. The zero-order valence-electron chi connectivity index (χ0n) is 17.4. The Bertz CT molecular complexity index is 1020. The highest BCUT2D eigenvalue weighted by molar-refractivity contribution is 7.13. The van der Waals surface area contributed by atoms with E-state index >= 15 is 0 Å². The van der Waals surface area contributed by atoms with Crippen LogP contribution in [0, 0.1) is 5.82 Å². The highest BCUT2D eigenvalue weighted by atomic mass is 32.1. The molecule has 0 bridgehead atoms. The summed E-state index contributed by atoms with van der Waals surface area (Å²) in [6.07, 6.45) is 1.30. The fourth-order valence-electron chi connectivity index (χ4n) is 3.76. The molecule has 6 nitrogen and oxygen atoms in total. The van der Waals surface area contributed by atoms with Crippen LogP contribution in [0.2, 0.25) is 0 Å². The molecule has 1 atom stereocenters. The van der Waals surface area contributed by atoms with Crippen LogP contribution in [0.3, 0.4) is 0 Å². The van der Waals surface area contributed by atoms with E-state index in [4.69, 9.17) is 4.74 Å². The van der Waals surface area contributed by atoms with Crippen molar-refractivity contribution in [3.8, 4) is 5.19 Å². The van der Waals surface area contributed by atoms with Crippen LogP contribution in [0.5, 0.6) is 5.19 Å². The summed E-state index contributed by atoms with van der Waals surface area (Å²) in [6.45, 7) is 4.18. The lowest BCUT2D eigenvalue weighted by Crippen LogP contribution is -2.50. The first-order chi connectivity index (χ1) is 15.1. The molecule has 3 aromatic rings. The summed E-state index contributed by atoms with van der Waals surface area (Å²) in [7, 11) is 0. The standard InChI is InChI=1S/C23H25FN4O2S/c1-2-30-23-27-26-21(31-23)15-28-14-18-6-4-3-5-17(18)13-20(28)22(29)25-12-11-16-7-9-19(24)10-8-16/h3-10,20H,2,11-15H2,1H3,(H,25,29). The van der Waals surface area contributed by atoms with Crippen molar-refractivity contribution in [1.29, 1.82) is 0 Å². The Balaban J connectivity index is 1.43. The van der Waals surface area contributed by atoms with Crippen LogP contribution < -0.4 is 10.1 Å². The first-order valence-corrected chi connectivity index (χ1v) is 11.2. The van der Waals surface area contributed by atoms with Gasteiger partial charge in [0, 0.05) is 13.1 Å². The predicted molar refractivity (Wildman–Crippen MR) is 117 cm³/mol. The lowest BCUT2D eigenvalue weighted by molar-refractivity contribution is -0.127. The van der Waals surface area contributed by atoms with E-state index < -0.39 is 0 Å². The second-order valence-corrected chi connectivity index (χ2v) is 8.48. The molecule has 1 aromatic heterocycles. The van der Waals surface area contributed by atoms with E-state index in [1.807, 2.05) is 19.1 Å². The molecule has 2 heterocycles. The number of aromatic nitrogens is 2. The Labute approximate surface area is 185 Å². The van der Waals surface area contributed by atoms with Crippen molar-refractivity contribution in [2.75, 3.05) is 13.2 Å². The first kappa shape index (κ1) is 21.4. The SMILES string of the molecule is CCOc1nnc(CN2Cc3ccccc3CC2C(=O)NCCc2ccc(F)cc2)s1. The molecule has 0 radical (unpaired) electrons. The van der Waals surface area contributed by atoms with Gasteiger partial charge in [-0.1, -0.05) is 47.7 Å². The molecular weight excluding hydrogens is 415 g/mol. The number of nitrogens with one attached hydrogen (secondary N) is 1. The highest BCUT2D eigenvalue weighted by Gasteiger charge is 2.32. The molecule has 8 heteroatoms. The number of benzene rings is 2. The number of amides is 1. The molecular formula is C23H25FN4O2S. The molecule has 0 saturated carbocycles. The van der Waals surface area contributed by atoms with E-state index in [0.717, 1.165) is 10.6 Å². The molecule has 1 amide bonds. The molecule has 1 unspecified atom stereocenters. The molecule has 0 fully saturated rings. The maximum absolute atomic E-state index is 13.1. The predicted octanol–water partition coefficient (Wildman–Crippen LogP) is 3.36. The summed E-state index contributed by atoms with van der Waals surface area (Å²) in [5, 5.41) is 12.7. The monoisotopic (exact) mass is 440 g/mol. The number of rotatable bonds is 8. The van der Waals surface area contributed by atoms with Crippen molar-refractivity contribution in [3.05, 3.63) is 76.0 Å². The second-order valence-electron chi connectivity index (χ2n) is 7.46. The van der Waals surface area contributed by atoms with Crippen LogP contribution in [0.15, 0.2) is 48.5 Å². The summed E-state index contributed by atoms with van der Waals surface area (Å²) in [6, 6.07) is 14.3. The summed E-state index contributed by atoms with van der Waals surface area (Å²) in [5.41, 5.74) is 3.42. The van der Waals surface area contributed by atoms with Gasteiger partial charge in [0.2, 0.25) is 5.91 Å². The van der Waals surface area contributed by atoms with Crippen LogP contribution in [0.25, 0.3) is 0 Å². The number of hydrogen-bond acceptors (Lipinski definition) is 6. The van der Waals surface area contributed by atoms with Crippen molar-refractivity contribution in [3.63, 3.8) is 0 Å². The van der Waals surface area contributed by atoms with Gasteiger partial charge in [-0.05, 0) is 48.6 Å². The molecule has 1 N–H and O–H groups in total. The largest absolute Gasteiger partial charge is 0.469 e. The van der Waals surface area contributed by atoms with Crippen molar-refractivity contribution in [1.82, 2.24) is 20.4 Å². The number of fused-ring (bicyclic) bond motifs is 1. The fourth-order valence-corrected chi connectivity index (χ4v) is 4.53. The number of carbonyl (C=O) groups excluding carboxylic acids is 1. The van der Waals surface area contributed by atoms with Crippen LogP contribution in [-0.2, 0) is 30.7 Å². The minimum atomic E-state index is -0.289. The molecule has 2 aromatic carbocycles. The van der Waals surface area contributed by atoms with Gasteiger partial charge in [0.05, 0.1) is 19.2 Å². The third-order valence-electron chi connectivity index (χ3n) is 5.33. The van der Waals surface area contributed by atoms with E-state index in [9.17, 15) is 9.18 Å². The van der Waals surface area contributed by atoms with Gasteiger partial charge in [-0.3, -0.25) is 9.69 Å². The molecule has 1 aliphatic heterocycles. The van der Waals surface area contributed by atoms with E-state index in [1.165, 1.54) is 34.6 Å². The molecule has 0 spiro atoms. The third-order valence-corrected chi connectivity index (χ3v) is 6.15. The smallest absolute Gasteiger partial charge is 0.294 e. The van der Waals surface area contributed by atoms with Gasteiger partial charge in [0.1, 0.15) is 10.8 Å². The lowest BCUT2D eigenvalue weighted by atomic mass is 9.93. The Hall–Kier alpha value is -2.84. The topological polar surface area (TPSA) is 67.4 Å². The number of ether oxygens (including phenoxy) is 1. The highest BCUT2D eigenvalue weighted by Crippen LogP contribution is 2.27. The van der Waals surface area contributed by atoms with Gasteiger partial charge in [-0.25, -0.2) is 4.39 Å². The molecule has 31 heavy (non-hydrogen) atoms. The normalized spacial score (nSPS) is 16.0. The number of hydrogen-bond donors (Lipinski definition) is 1. The van der Waals surface area contributed by atoms with Crippen LogP contribution in [0.4, 0.5) is 4.39 Å². The Morgan fingerprint density at radius 2 is 1.97 bits per heavy atom. The van der Waals surface area contributed by atoms with Crippen molar-refractivity contribution < 1.29 is 13.9 Å². The maximum atomic E-state index is 13.1. The van der Waals surface area contributed by atoms with Crippen LogP contribution in [0.1, 0.15) is 28.6 Å².